The van der Waals surface area contributed by atoms with E-state index in [1.165, 1.54) is 45.4 Å². The van der Waals surface area contributed by atoms with Crippen LogP contribution >= 0.6 is 0 Å². The van der Waals surface area contributed by atoms with Crippen LogP contribution in [0.4, 0.5) is 0 Å². The van der Waals surface area contributed by atoms with Crippen molar-refractivity contribution < 1.29 is 0 Å². The average molecular weight is 210 g/mol. The van der Waals surface area contributed by atoms with Gasteiger partial charge in [0.1, 0.15) is 0 Å². The maximum Gasteiger partial charge on any atom is 0.0144 e. The molecule has 2 atom stereocenters. The monoisotopic (exact) mass is 210 g/mol. The third kappa shape index (κ3) is 2.73. The van der Waals surface area contributed by atoms with Crippen LogP contribution in [0.2, 0.25) is 0 Å². The summed E-state index contributed by atoms with van der Waals surface area (Å²) < 4.78 is 0. The lowest BCUT2D eigenvalue weighted by molar-refractivity contribution is 0.125. The lowest BCUT2D eigenvalue weighted by Gasteiger charge is -2.36. The summed E-state index contributed by atoms with van der Waals surface area (Å²) in [5, 5.41) is 3.47. The first-order valence-electron chi connectivity index (χ1n) is 6.52. The summed E-state index contributed by atoms with van der Waals surface area (Å²) in [7, 11) is 0. The van der Waals surface area contributed by atoms with Crippen LogP contribution in [-0.4, -0.2) is 37.1 Å². The Morgan fingerprint density at radius 3 is 2.67 bits per heavy atom. The summed E-state index contributed by atoms with van der Waals surface area (Å²) in [6.45, 7) is 12.3. The van der Waals surface area contributed by atoms with E-state index in [1.807, 2.05) is 0 Å². The van der Waals surface area contributed by atoms with Crippen LogP contribution in [0.25, 0.3) is 0 Å². The SMILES string of the molecule is CC(C)(C)C1CCCN1CC1CCNC1. The Hall–Kier alpha value is -0.0800. The molecule has 1 N–H and O–H groups in total. The first-order chi connectivity index (χ1) is 7.07. The summed E-state index contributed by atoms with van der Waals surface area (Å²) in [4.78, 5) is 2.75. The van der Waals surface area contributed by atoms with Crippen LogP contribution in [0.5, 0.6) is 0 Å². The summed E-state index contributed by atoms with van der Waals surface area (Å²) in [5.41, 5.74) is 0.461. The molecule has 2 nitrogen and oxygen atoms in total. The zero-order chi connectivity index (χ0) is 10.9. The van der Waals surface area contributed by atoms with E-state index in [9.17, 15) is 0 Å². The van der Waals surface area contributed by atoms with Gasteiger partial charge in [-0.05, 0) is 50.2 Å². The minimum absolute atomic E-state index is 0.461. The highest BCUT2D eigenvalue weighted by Crippen LogP contribution is 2.33. The Morgan fingerprint density at radius 2 is 2.07 bits per heavy atom. The van der Waals surface area contributed by atoms with Crippen molar-refractivity contribution in [3.05, 3.63) is 0 Å². The number of nitrogens with one attached hydrogen (secondary N) is 1. The van der Waals surface area contributed by atoms with E-state index in [0.717, 1.165) is 12.0 Å². The predicted octanol–water partition coefficient (Wildman–Crippen LogP) is 2.11. The van der Waals surface area contributed by atoms with Crippen LogP contribution in [0.3, 0.4) is 0 Å². The fourth-order valence-electron chi connectivity index (χ4n) is 3.23. The van der Waals surface area contributed by atoms with E-state index in [1.54, 1.807) is 0 Å². The molecule has 0 spiro atoms. The molecule has 2 heteroatoms. The van der Waals surface area contributed by atoms with Crippen molar-refractivity contribution in [3.8, 4) is 0 Å². The number of nitrogens with zero attached hydrogens (tertiary/aromatic N) is 1. The Kier molecular flexibility index (Phi) is 3.36. The van der Waals surface area contributed by atoms with Crippen molar-refractivity contribution in [2.45, 2.75) is 46.1 Å². The highest BCUT2D eigenvalue weighted by Gasteiger charge is 2.35. The molecular formula is C13H26N2. The van der Waals surface area contributed by atoms with Gasteiger partial charge < -0.3 is 5.32 Å². The Balaban J connectivity index is 1.90. The van der Waals surface area contributed by atoms with Gasteiger partial charge in [0, 0.05) is 12.6 Å². The molecule has 15 heavy (non-hydrogen) atoms. The van der Waals surface area contributed by atoms with Crippen LogP contribution in [0.15, 0.2) is 0 Å². The molecule has 0 amide bonds. The molecular weight excluding hydrogens is 184 g/mol. The smallest absolute Gasteiger partial charge is 0.0144 e. The molecule has 0 aromatic rings. The van der Waals surface area contributed by atoms with E-state index in [2.05, 4.69) is 31.0 Å². The molecule has 0 bridgehead atoms. The zero-order valence-electron chi connectivity index (χ0n) is 10.6. The molecule has 0 radical (unpaired) electrons. The molecule has 2 fully saturated rings. The van der Waals surface area contributed by atoms with Gasteiger partial charge >= 0.3 is 0 Å². The maximum absolute atomic E-state index is 3.47. The van der Waals surface area contributed by atoms with Crippen molar-refractivity contribution >= 4 is 0 Å². The summed E-state index contributed by atoms with van der Waals surface area (Å²) in [5.74, 6) is 0.910. The first-order valence-corrected chi connectivity index (χ1v) is 6.52. The van der Waals surface area contributed by atoms with Gasteiger partial charge in [-0.3, -0.25) is 4.90 Å². The normalized spacial score (nSPS) is 33.8. The summed E-state index contributed by atoms with van der Waals surface area (Å²) >= 11 is 0. The third-order valence-electron chi connectivity index (χ3n) is 4.02. The predicted molar refractivity (Wildman–Crippen MR) is 65.0 cm³/mol. The molecule has 2 saturated heterocycles. The van der Waals surface area contributed by atoms with Gasteiger partial charge in [0.2, 0.25) is 0 Å². The van der Waals surface area contributed by atoms with Crippen molar-refractivity contribution in [1.29, 1.82) is 0 Å². The second-order valence-electron chi connectivity index (χ2n) is 6.38. The molecule has 0 aromatic carbocycles. The average Bonchev–Trinajstić information content (AvgIpc) is 2.73. The second kappa shape index (κ2) is 4.42. The summed E-state index contributed by atoms with van der Waals surface area (Å²) in [6, 6.07) is 0.818. The van der Waals surface area contributed by atoms with Gasteiger partial charge in [0.05, 0.1) is 0 Å². The van der Waals surface area contributed by atoms with Crippen LogP contribution in [-0.2, 0) is 0 Å². The molecule has 88 valence electrons. The van der Waals surface area contributed by atoms with Gasteiger partial charge in [-0.2, -0.15) is 0 Å². The molecule has 2 unspecified atom stereocenters. The number of likely N-dealkylation sites (tertiary alicyclic amines) is 1. The number of hydrogen-bond donors (Lipinski definition) is 1. The number of hydrogen-bond acceptors (Lipinski definition) is 2. The third-order valence-corrected chi connectivity index (χ3v) is 4.02. The van der Waals surface area contributed by atoms with Crippen LogP contribution in [0, 0.1) is 11.3 Å². The van der Waals surface area contributed by atoms with E-state index in [0.29, 0.717) is 5.41 Å². The second-order valence-corrected chi connectivity index (χ2v) is 6.38. The zero-order valence-corrected chi connectivity index (χ0v) is 10.6. The molecule has 2 aliphatic rings. The van der Waals surface area contributed by atoms with E-state index < -0.39 is 0 Å². The highest BCUT2D eigenvalue weighted by molar-refractivity contribution is 4.90. The topological polar surface area (TPSA) is 15.3 Å². The van der Waals surface area contributed by atoms with Crippen molar-refractivity contribution in [2.75, 3.05) is 26.2 Å². The van der Waals surface area contributed by atoms with Gasteiger partial charge in [0.25, 0.3) is 0 Å². The minimum Gasteiger partial charge on any atom is -0.316 e. The molecule has 2 rings (SSSR count). The van der Waals surface area contributed by atoms with Crippen LogP contribution in [0.1, 0.15) is 40.0 Å². The fraction of sp³-hybridized carbons (Fsp3) is 1.00. The summed E-state index contributed by atoms with van der Waals surface area (Å²) in [6.07, 6.45) is 4.19. The standard InChI is InChI=1S/C13H26N2/c1-13(2,3)12-5-4-8-15(12)10-11-6-7-14-9-11/h11-12,14H,4-10H2,1-3H3. The lowest BCUT2D eigenvalue weighted by atomic mass is 9.85. The van der Waals surface area contributed by atoms with Gasteiger partial charge in [-0.25, -0.2) is 0 Å². The van der Waals surface area contributed by atoms with Crippen molar-refractivity contribution in [2.24, 2.45) is 11.3 Å². The lowest BCUT2D eigenvalue weighted by Crippen LogP contribution is -2.42. The highest BCUT2D eigenvalue weighted by atomic mass is 15.2. The Morgan fingerprint density at radius 1 is 1.27 bits per heavy atom. The Bertz CT molecular complexity index is 201. The van der Waals surface area contributed by atoms with Crippen molar-refractivity contribution in [1.82, 2.24) is 10.2 Å². The molecule has 0 aliphatic carbocycles. The first kappa shape index (κ1) is 11.4. The van der Waals surface area contributed by atoms with E-state index >= 15 is 0 Å². The van der Waals surface area contributed by atoms with Gasteiger partial charge in [-0.15, -0.1) is 0 Å². The Labute approximate surface area is 94.4 Å². The fourth-order valence-corrected chi connectivity index (χ4v) is 3.23. The largest absolute Gasteiger partial charge is 0.316 e. The van der Waals surface area contributed by atoms with Crippen molar-refractivity contribution in [3.63, 3.8) is 0 Å². The van der Waals surface area contributed by atoms with Crippen LogP contribution < -0.4 is 5.32 Å². The maximum atomic E-state index is 3.47. The van der Waals surface area contributed by atoms with E-state index in [4.69, 9.17) is 0 Å². The van der Waals surface area contributed by atoms with Gasteiger partial charge in [-0.1, -0.05) is 20.8 Å². The number of rotatable bonds is 2. The molecule has 2 aliphatic heterocycles. The molecule has 0 saturated carbocycles. The van der Waals surface area contributed by atoms with E-state index in [-0.39, 0.29) is 0 Å². The van der Waals surface area contributed by atoms with Gasteiger partial charge in [0.15, 0.2) is 0 Å². The quantitative estimate of drug-likeness (QED) is 0.751. The molecule has 0 aromatic heterocycles. The molecule has 2 heterocycles. The minimum atomic E-state index is 0.461.